The molecule has 1 N–H and O–H groups in total. The van der Waals surface area contributed by atoms with Crippen LogP contribution in [0.2, 0.25) is 0 Å². The van der Waals surface area contributed by atoms with E-state index in [1.165, 1.54) is 24.2 Å². The zero-order chi connectivity index (χ0) is 10.6. The lowest BCUT2D eigenvalue weighted by Crippen LogP contribution is -1.94. The Morgan fingerprint density at radius 2 is 2.21 bits per heavy atom. The minimum atomic E-state index is -0.859. The monoisotopic (exact) mass is 213 g/mol. The van der Waals surface area contributed by atoms with Gasteiger partial charge in [-0.25, -0.2) is 9.78 Å². The Morgan fingerprint density at radius 3 is 2.71 bits per heavy atom. The number of thiazole rings is 1. The van der Waals surface area contributed by atoms with Gasteiger partial charge in [-0.05, 0) is 19.8 Å². The summed E-state index contributed by atoms with van der Waals surface area (Å²) in [6.07, 6.45) is 4.37. The molecule has 0 bridgehead atoms. The Morgan fingerprint density at radius 1 is 1.50 bits per heavy atom. The topological polar surface area (TPSA) is 50.2 Å². The van der Waals surface area contributed by atoms with Crippen LogP contribution in [0.15, 0.2) is 0 Å². The number of hydrogen-bond donors (Lipinski definition) is 1. The first-order valence-electron chi connectivity index (χ1n) is 4.84. The molecule has 0 aliphatic heterocycles. The van der Waals surface area contributed by atoms with Crippen molar-refractivity contribution < 1.29 is 9.90 Å². The summed E-state index contributed by atoms with van der Waals surface area (Å²) >= 11 is 1.31. The highest BCUT2D eigenvalue weighted by atomic mass is 32.1. The van der Waals surface area contributed by atoms with E-state index < -0.39 is 5.97 Å². The molecule has 0 atom stereocenters. The molecule has 0 amide bonds. The molecule has 1 aromatic rings. The van der Waals surface area contributed by atoms with Gasteiger partial charge in [-0.1, -0.05) is 19.8 Å². The van der Waals surface area contributed by atoms with Crippen LogP contribution < -0.4 is 0 Å². The highest BCUT2D eigenvalue weighted by Crippen LogP contribution is 2.19. The fourth-order valence-corrected chi connectivity index (χ4v) is 2.23. The van der Waals surface area contributed by atoms with Crippen molar-refractivity contribution in [2.24, 2.45) is 0 Å². The van der Waals surface area contributed by atoms with Crippen LogP contribution in [-0.4, -0.2) is 16.1 Å². The number of aromatic carboxylic acids is 1. The van der Waals surface area contributed by atoms with Crippen molar-refractivity contribution in [3.05, 3.63) is 15.6 Å². The summed E-state index contributed by atoms with van der Waals surface area (Å²) in [5.74, 6) is -0.859. The number of aryl methyl sites for hydroxylation is 2. The SMILES string of the molecule is CCCCCc1nc(C)c(C(=O)O)s1. The lowest BCUT2D eigenvalue weighted by atomic mass is 10.2. The summed E-state index contributed by atoms with van der Waals surface area (Å²) in [6.45, 7) is 3.90. The van der Waals surface area contributed by atoms with Gasteiger partial charge >= 0.3 is 5.97 Å². The molecule has 0 fully saturated rings. The molecule has 0 aromatic carbocycles. The van der Waals surface area contributed by atoms with E-state index in [1.54, 1.807) is 6.92 Å². The Bertz CT molecular complexity index is 320. The zero-order valence-corrected chi connectivity index (χ0v) is 9.36. The highest BCUT2D eigenvalue weighted by Gasteiger charge is 2.13. The standard InChI is InChI=1S/C10H15NO2S/c1-3-4-5-6-8-11-7(2)9(14-8)10(12)13/h3-6H2,1-2H3,(H,12,13). The minimum absolute atomic E-state index is 0.386. The second-order valence-corrected chi connectivity index (χ2v) is 4.37. The van der Waals surface area contributed by atoms with Gasteiger partial charge in [-0.3, -0.25) is 0 Å². The summed E-state index contributed by atoms with van der Waals surface area (Å²) in [4.78, 5) is 15.4. The number of carboxylic acid groups (broad SMARTS) is 1. The zero-order valence-electron chi connectivity index (χ0n) is 8.54. The van der Waals surface area contributed by atoms with E-state index in [-0.39, 0.29) is 0 Å². The molecule has 1 rings (SSSR count). The molecule has 1 aromatic heterocycles. The molecule has 0 unspecified atom stereocenters. The van der Waals surface area contributed by atoms with Gasteiger partial charge in [0.15, 0.2) is 0 Å². The summed E-state index contributed by atoms with van der Waals surface area (Å²) in [7, 11) is 0. The van der Waals surface area contributed by atoms with Crippen molar-refractivity contribution in [2.45, 2.75) is 39.5 Å². The number of aromatic nitrogens is 1. The molecule has 3 nitrogen and oxygen atoms in total. The summed E-state index contributed by atoms with van der Waals surface area (Å²) < 4.78 is 0. The van der Waals surface area contributed by atoms with Crippen LogP contribution in [0.1, 0.15) is 46.6 Å². The Balaban J connectivity index is 2.62. The average Bonchev–Trinajstić information content (AvgIpc) is 2.47. The molecular formula is C10H15NO2S. The fourth-order valence-electron chi connectivity index (χ4n) is 1.28. The summed E-state index contributed by atoms with van der Waals surface area (Å²) in [6, 6.07) is 0. The van der Waals surface area contributed by atoms with Crippen LogP contribution in [-0.2, 0) is 6.42 Å². The summed E-state index contributed by atoms with van der Waals surface area (Å²) in [5, 5.41) is 9.77. The Kier molecular flexibility index (Phi) is 4.07. The normalized spacial score (nSPS) is 10.4. The van der Waals surface area contributed by atoms with Crippen molar-refractivity contribution in [3.8, 4) is 0 Å². The first-order valence-corrected chi connectivity index (χ1v) is 5.66. The van der Waals surface area contributed by atoms with Crippen LogP contribution in [0.25, 0.3) is 0 Å². The van der Waals surface area contributed by atoms with Crippen molar-refractivity contribution in [3.63, 3.8) is 0 Å². The number of hydrogen-bond acceptors (Lipinski definition) is 3. The van der Waals surface area contributed by atoms with E-state index in [9.17, 15) is 4.79 Å². The number of carbonyl (C=O) groups is 1. The second-order valence-electron chi connectivity index (χ2n) is 3.28. The smallest absolute Gasteiger partial charge is 0.347 e. The van der Waals surface area contributed by atoms with Crippen molar-refractivity contribution in [1.82, 2.24) is 4.98 Å². The van der Waals surface area contributed by atoms with Gasteiger partial charge in [0.25, 0.3) is 0 Å². The molecule has 0 spiro atoms. The third-order valence-electron chi connectivity index (χ3n) is 2.03. The van der Waals surface area contributed by atoms with E-state index in [4.69, 9.17) is 5.11 Å². The molecule has 0 saturated carbocycles. The van der Waals surface area contributed by atoms with Gasteiger partial charge in [-0.15, -0.1) is 11.3 Å². The van der Waals surface area contributed by atoms with Crippen LogP contribution >= 0.6 is 11.3 Å². The summed E-state index contributed by atoms with van der Waals surface area (Å²) in [5.41, 5.74) is 0.647. The van der Waals surface area contributed by atoms with Crippen molar-refractivity contribution in [2.75, 3.05) is 0 Å². The molecule has 0 saturated heterocycles. The fraction of sp³-hybridized carbons (Fsp3) is 0.600. The van der Waals surface area contributed by atoms with Gasteiger partial charge < -0.3 is 5.11 Å². The Hall–Kier alpha value is -0.900. The molecule has 0 radical (unpaired) electrons. The van der Waals surface area contributed by atoms with Gasteiger partial charge in [0.2, 0.25) is 0 Å². The average molecular weight is 213 g/mol. The predicted molar refractivity (Wildman–Crippen MR) is 57.0 cm³/mol. The number of carboxylic acids is 1. The maximum absolute atomic E-state index is 10.7. The van der Waals surface area contributed by atoms with E-state index >= 15 is 0 Å². The lowest BCUT2D eigenvalue weighted by molar-refractivity contribution is 0.0701. The molecule has 78 valence electrons. The molecule has 0 aliphatic rings. The molecule has 0 aliphatic carbocycles. The third-order valence-corrected chi connectivity index (χ3v) is 3.23. The van der Waals surface area contributed by atoms with Crippen LogP contribution in [0.5, 0.6) is 0 Å². The maximum Gasteiger partial charge on any atom is 0.347 e. The largest absolute Gasteiger partial charge is 0.477 e. The molecular weight excluding hydrogens is 198 g/mol. The van der Waals surface area contributed by atoms with Gasteiger partial charge in [0.05, 0.1) is 10.7 Å². The first-order chi connectivity index (χ1) is 6.65. The number of rotatable bonds is 5. The highest BCUT2D eigenvalue weighted by molar-refractivity contribution is 7.13. The van der Waals surface area contributed by atoms with E-state index in [0.29, 0.717) is 10.6 Å². The maximum atomic E-state index is 10.7. The van der Waals surface area contributed by atoms with Crippen LogP contribution in [0, 0.1) is 6.92 Å². The third kappa shape index (κ3) is 2.80. The lowest BCUT2D eigenvalue weighted by Gasteiger charge is -1.93. The van der Waals surface area contributed by atoms with Crippen molar-refractivity contribution in [1.29, 1.82) is 0 Å². The molecule has 1 heterocycles. The minimum Gasteiger partial charge on any atom is -0.477 e. The quantitative estimate of drug-likeness (QED) is 0.765. The Labute approximate surface area is 87.8 Å². The van der Waals surface area contributed by atoms with Crippen LogP contribution in [0.3, 0.4) is 0 Å². The van der Waals surface area contributed by atoms with Gasteiger partial charge in [0.1, 0.15) is 4.88 Å². The molecule has 4 heteroatoms. The molecule has 14 heavy (non-hydrogen) atoms. The van der Waals surface area contributed by atoms with Gasteiger partial charge in [-0.2, -0.15) is 0 Å². The van der Waals surface area contributed by atoms with E-state index in [1.807, 2.05) is 0 Å². The number of unbranched alkanes of at least 4 members (excludes halogenated alkanes) is 2. The van der Waals surface area contributed by atoms with E-state index in [0.717, 1.165) is 17.8 Å². The van der Waals surface area contributed by atoms with E-state index in [2.05, 4.69) is 11.9 Å². The first kappa shape index (κ1) is 11.2. The predicted octanol–water partition coefficient (Wildman–Crippen LogP) is 2.88. The number of nitrogens with zero attached hydrogens (tertiary/aromatic N) is 1. The second kappa shape index (κ2) is 5.10. The van der Waals surface area contributed by atoms with Crippen molar-refractivity contribution >= 4 is 17.3 Å². The van der Waals surface area contributed by atoms with Crippen LogP contribution in [0.4, 0.5) is 0 Å². The van der Waals surface area contributed by atoms with Gasteiger partial charge in [0, 0.05) is 0 Å².